The number of sulfone groups is 1. The largest absolute Gasteiger partial charge is 0.337 e. The van der Waals surface area contributed by atoms with Crippen LogP contribution in [0.5, 0.6) is 0 Å². The first-order valence-electron chi connectivity index (χ1n) is 6.60. The topological polar surface area (TPSA) is 66.5 Å². The summed E-state index contributed by atoms with van der Waals surface area (Å²) in [5, 5.41) is 3.33. The number of piperazine rings is 1. The molecule has 1 amide bonds. The van der Waals surface area contributed by atoms with Gasteiger partial charge in [0.15, 0.2) is 9.84 Å². The predicted molar refractivity (Wildman–Crippen MR) is 70.0 cm³/mol. The van der Waals surface area contributed by atoms with Crippen LogP contribution in [0.1, 0.15) is 26.7 Å². The van der Waals surface area contributed by atoms with E-state index < -0.39 is 9.84 Å². The van der Waals surface area contributed by atoms with E-state index in [0.29, 0.717) is 18.9 Å². The Morgan fingerprint density at radius 2 is 2.11 bits per heavy atom. The van der Waals surface area contributed by atoms with Gasteiger partial charge in [-0.25, -0.2) is 8.42 Å². The number of carbonyl (C=O) groups excluding carboxylic acids is 1. The Bertz CT molecular complexity index is 421. The van der Waals surface area contributed by atoms with Crippen molar-refractivity contribution in [1.82, 2.24) is 10.2 Å². The summed E-state index contributed by atoms with van der Waals surface area (Å²) in [7, 11) is -2.88. The van der Waals surface area contributed by atoms with Crippen molar-refractivity contribution in [3.8, 4) is 0 Å². The van der Waals surface area contributed by atoms with E-state index >= 15 is 0 Å². The number of amides is 1. The summed E-state index contributed by atoms with van der Waals surface area (Å²) in [6, 6.07) is 0.518. The van der Waals surface area contributed by atoms with E-state index in [1.54, 1.807) is 0 Å². The fourth-order valence-corrected chi connectivity index (χ4v) is 4.63. The zero-order chi connectivity index (χ0) is 13.3. The number of nitrogens with zero attached hydrogens (tertiary/aromatic N) is 1. The van der Waals surface area contributed by atoms with Crippen molar-refractivity contribution >= 4 is 15.7 Å². The number of hydrogen-bond donors (Lipinski definition) is 1. The van der Waals surface area contributed by atoms with Gasteiger partial charge in [-0.15, -0.1) is 0 Å². The minimum atomic E-state index is -2.88. The lowest BCUT2D eigenvalue weighted by atomic mass is 10.0. The molecule has 0 spiro atoms. The molecular weight excluding hydrogens is 252 g/mol. The lowest BCUT2D eigenvalue weighted by Crippen LogP contribution is -2.56. The Morgan fingerprint density at radius 3 is 2.72 bits per heavy atom. The molecule has 2 aliphatic rings. The van der Waals surface area contributed by atoms with Crippen LogP contribution in [0, 0.1) is 5.92 Å². The highest BCUT2D eigenvalue weighted by Gasteiger charge is 2.33. The van der Waals surface area contributed by atoms with Crippen LogP contribution in [-0.2, 0) is 14.6 Å². The standard InChI is InChI=1S/C12H22N2O3S/c1-9-7-14(10(2)6-13-9)12(15)5-11-3-4-18(16,17)8-11/h9-11,13H,3-8H2,1-2H3. The van der Waals surface area contributed by atoms with Crippen molar-refractivity contribution < 1.29 is 13.2 Å². The number of carbonyl (C=O) groups is 1. The molecule has 2 fully saturated rings. The van der Waals surface area contributed by atoms with Gasteiger partial charge in [-0.3, -0.25) is 4.79 Å². The third kappa shape index (κ3) is 3.23. The first-order chi connectivity index (χ1) is 8.37. The molecule has 2 heterocycles. The molecule has 2 saturated heterocycles. The SMILES string of the molecule is CC1CN(C(=O)CC2CCS(=O)(=O)C2)C(C)CN1. The summed E-state index contributed by atoms with van der Waals surface area (Å²) < 4.78 is 22.8. The fraction of sp³-hybridized carbons (Fsp3) is 0.917. The molecule has 5 nitrogen and oxygen atoms in total. The van der Waals surface area contributed by atoms with Crippen LogP contribution in [0.15, 0.2) is 0 Å². The maximum absolute atomic E-state index is 12.2. The summed E-state index contributed by atoms with van der Waals surface area (Å²) >= 11 is 0. The molecule has 0 aromatic carbocycles. The van der Waals surface area contributed by atoms with Gasteiger partial charge in [0.05, 0.1) is 11.5 Å². The van der Waals surface area contributed by atoms with Crippen molar-refractivity contribution in [2.45, 2.75) is 38.8 Å². The average Bonchev–Trinajstić information content (AvgIpc) is 2.61. The third-order valence-corrected chi connectivity index (χ3v) is 5.71. The Balaban J connectivity index is 1.91. The Kier molecular flexibility index (Phi) is 3.96. The van der Waals surface area contributed by atoms with Crippen molar-refractivity contribution in [2.75, 3.05) is 24.6 Å². The average molecular weight is 274 g/mol. The van der Waals surface area contributed by atoms with E-state index in [1.165, 1.54) is 0 Å². The van der Waals surface area contributed by atoms with Gasteiger partial charge in [0.25, 0.3) is 0 Å². The molecule has 3 atom stereocenters. The van der Waals surface area contributed by atoms with E-state index in [2.05, 4.69) is 12.2 Å². The molecule has 3 unspecified atom stereocenters. The van der Waals surface area contributed by atoms with Gasteiger partial charge < -0.3 is 10.2 Å². The van der Waals surface area contributed by atoms with Gasteiger partial charge in [0, 0.05) is 31.6 Å². The molecule has 2 aliphatic heterocycles. The molecule has 0 bridgehead atoms. The monoisotopic (exact) mass is 274 g/mol. The zero-order valence-corrected chi connectivity index (χ0v) is 11.9. The van der Waals surface area contributed by atoms with Crippen molar-refractivity contribution in [3.63, 3.8) is 0 Å². The second-order valence-electron chi connectivity index (χ2n) is 5.68. The van der Waals surface area contributed by atoms with Crippen molar-refractivity contribution in [1.29, 1.82) is 0 Å². The predicted octanol–water partition coefficient (Wildman–Crippen LogP) is 0.0200. The second kappa shape index (κ2) is 5.17. The van der Waals surface area contributed by atoms with Crippen LogP contribution in [0.2, 0.25) is 0 Å². The molecule has 0 aliphatic carbocycles. The molecule has 0 saturated carbocycles. The van der Waals surface area contributed by atoms with Gasteiger partial charge in [-0.2, -0.15) is 0 Å². The third-order valence-electron chi connectivity index (χ3n) is 3.87. The van der Waals surface area contributed by atoms with Crippen molar-refractivity contribution in [3.05, 3.63) is 0 Å². The maximum atomic E-state index is 12.2. The molecular formula is C12H22N2O3S. The Morgan fingerprint density at radius 1 is 1.39 bits per heavy atom. The van der Waals surface area contributed by atoms with E-state index in [0.717, 1.165) is 13.1 Å². The fourth-order valence-electron chi connectivity index (χ4n) is 2.77. The minimum absolute atomic E-state index is 0.0277. The first kappa shape index (κ1) is 13.8. The highest BCUT2D eigenvalue weighted by Crippen LogP contribution is 2.23. The van der Waals surface area contributed by atoms with Crippen LogP contribution >= 0.6 is 0 Å². The molecule has 0 aromatic rings. The molecule has 1 N–H and O–H groups in total. The van der Waals surface area contributed by atoms with Crippen LogP contribution in [0.25, 0.3) is 0 Å². The highest BCUT2D eigenvalue weighted by atomic mass is 32.2. The summed E-state index contributed by atoms with van der Waals surface area (Å²) in [6.07, 6.45) is 1.03. The molecule has 6 heteroatoms. The molecule has 2 rings (SSSR count). The van der Waals surface area contributed by atoms with E-state index in [9.17, 15) is 13.2 Å². The summed E-state index contributed by atoms with van der Waals surface area (Å²) in [5.41, 5.74) is 0. The Hall–Kier alpha value is -0.620. The summed E-state index contributed by atoms with van der Waals surface area (Å²) in [5.74, 6) is 0.575. The van der Waals surface area contributed by atoms with Gasteiger partial charge in [0.1, 0.15) is 0 Å². The van der Waals surface area contributed by atoms with Gasteiger partial charge in [-0.1, -0.05) is 0 Å². The lowest BCUT2D eigenvalue weighted by Gasteiger charge is -2.38. The quantitative estimate of drug-likeness (QED) is 0.771. The smallest absolute Gasteiger partial charge is 0.223 e. The maximum Gasteiger partial charge on any atom is 0.223 e. The van der Waals surface area contributed by atoms with Crippen molar-refractivity contribution in [2.24, 2.45) is 5.92 Å². The number of rotatable bonds is 2. The Labute approximate surface area is 109 Å². The zero-order valence-electron chi connectivity index (χ0n) is 11.1. The minimum Gasteiger partial charge on any atom is -0.337 e. The highest BCUT2D eigenvalue weighted by molar-refractivity contribution is 7.91. The molecule has 104 valence electrons. The summed E-state index contributed by atoms with van der Waals surface area (Å²) in [6.45, 7) is 5.63. The van der Waals surface area contributed by atoms with Gasteiger partial charge >= 0.3 is 0 Å². The van der Waals surface area contributed by atoms with E-state index in [-0.39, 0.29) is 29.4 Å². The van der Waals surface area contributed by atoms with E-state index in [1.807, 2.05) is 11.8 Å². The van der Waals surface area contributed by atoms with Crippen LogP contribution < -0.4 is 5.32 Å². The van der Waals surface area contributed by atoms with Gasteiger partial charge in [-0.05, 0) is 26.2 Å². The number of hydrogen-bond acceptors (Lipinski definition) is 4. The molecule has 0 aromatic heterocycles. The molecule has 18 heavy (non-hydrogen) atoms. The second-order valence-corrected chi connectivity index (χ2v) is 7.91. The van der Waals surface area contributed by atoms with Crippen LogP contribution in [0.4, 0.5) is 0 Å². The molecule has 0 radical (unpaired) electrons. The lowest BCUT2D eigenvalue weighted by molar-refractivity contribution is -0.135. The number of nitrogens with one attached hydrogen (secondary N) is 1. The first-order valence-corrected chi connectivity index (χ1v) is 8.43. The normalized spacial score (nSPS) is 35.7. The van der Waals surface area contributed by atoms with Crippen LogP contribution in [-0.4, -0.2) is 55.9 Å². The van der Waals surface area contributed by atoms with Crippen LogP contribution in [0.3, 0.4) is 0 Å². The summed E-state index contributed by atoms with van der Waals surface area (Å²) in [4.78, 5) is 14.1. The van der Waals surface area contributed by atoms with Gasteiger partial charge in [0.2, 0.25) is 5.91 Å². The van der Waals surface area contributed by atoms with E-state index in [4.69, 9.17) is 0 Å².